The molecule has 0 aromatic carbocycles. The lowest BCUT2D eigenvalue weighted by Gasteiger charge is -2.35. The van der Waals surface area contributed by atoms with E-state index in [1.54, 1.807) is 0 Å². The van der Waals surface area contributed by atoms with Crippen LogP contribution in [-0.2, 0) is 85.5 Å². The van der Waals surface area contributed by atoms with Gasteiger partial charge >= 0.3 is 0 Å². The van der Waals surface area contributed by atoms with E-state index in [9.17, 15) is 0 Å². The van der Waals surface area contributed by atoms with Crippen LogP contribution in [0.5, 0.6) is 0 Å². The van der Waals surface area contributed by atoms with Crippen molar-refractivity contribution in [2.75, 3.05) is 192 Å². The van der Waals surface area contributed by atoms with Crippen LogP contribution >= 0.6 is 0 Å². The monoisotopic (exact) mass is 1410 g/mol. The number of rotatable bonds is 59. The van der Waals surface area contributed by atoms with Crippen LogP contribution in [0.4, 0.5) is 0 Å². The van der Waals surface area contributed by atoms with Crippen molar-refractivity contribution in [1.29, 1.82) is 21.0 Å². The third-order valence-electron chi connectivity index (χ3n) is 10.6. The Hall–Kier alpha value is -4.08. The summed E-state index contributed by atoms with van der Waals surface area (Å²) in [7, 11) is 0. The van der Waals surface area contributed by atoms with Gasteiger partial charge in [-0.25, -0.2) is 0 Å². The number of hydrogen-bond donors (Lipinski definition) is 4. The van der Waals surface area contributed by atoms with Crippen molar-refractivity contribution < 1.29 is 85.5 Å². The maximum atomic E-state index is 8.98. The highest BCUT2D eigenvalue weighted by Gasteiger charge is 2.34. The number of hydrogen-bond acceptors (Lipinski definition) is 26. The highest BCUT2D eigenvalue weighted by Crippen LogP contribution is 2.25. The number of nitriles is 4. The summed E-state index contributed by atoms with van der Waals surface area (Å²) in [6, 6.07) is 8.28. The predicted molar refractivity (Wildman–Crippen MR) is 404 cm³/mol. The first kappa shape index (κ1) is 151. The van der Waals surface area contributed by atoms with E-state index >= 15 is 0 Å². The zero-order chi connectivity index (χ0) is 60.5. The van der Waals surface area contributed by atoms with Gasteiger partial charge in [0.1, 0.15) is 45.5 Å². The second-order valence-electron chi connectivity index (χ2n) is 16.1. The summed E-state index contributed by atoms with van der Waals surface area (Å²) in [5.41, 5.74) is 0. The Kier molecular flexibility index (Phi) is 224. The van der Waals surface area contributed by atoms with E-state index in [1.165, 1.54) is 0 Å². The zero-order valence-corrected chi connectivity index (χ0v) is 48.9. The van der Waals surface area contributed by atoms with Gasteiger partial charge in [0.2, 0.25) is 0 Å². The number of nitrogens with one attached hydrogen (secondary N) is 4. The highest BCUT2D eigenvalue weighted by molar-refractivity contribution is 5.11. The fourth-order valence-electron chi connectivity index (χ4n) is 7.02. The highest BCUT2D eigenvalue weighted by atomic mass is 16.6. The Balaban J connectivity index is -0.000000118. The van der Waals surface area contributed by atoms with Crippen molar-refractivity contribution in [3.63, 3.8) is 0 Å². The molecule has 26 heteroatoms. The molecule has 0 rings (SSSR count). The van der Waals surface area contributed by atoms with E-state index in [0.29, 0.717) is 86.3 Å². The number of carbonyl (C=O) groups excluding carboxylic acids is 4. The molecule has 0 fully saturated rings. The Labute approximate surface area is 596 Å². The first-order valence-corrected chi connectivity index (χ1v) is 27.2. The predicted octanol–water partition coefficient (Wildman–Crippen LogP) is 12.7. The second-order valence-corrected chi connectivity index (χ2v) is 16.1. The van der Waals surface area contributed by atoms with Gasteiger partial charge in [-0.1, -0.05) is 119 Å². The fraction of sp³-hybridized carbons (Fsp3) is 0.886. The van der Waals surface area contributed by atoms with Crippen LogP contribution in [-0.4, -0.2) is 237 Å². The van der Waals surface area contributed by atoms with Gasteiger partial charge in [-0.05, 0) is 71.3 Å². The lowest BCUT2D eigenvalue weighted by Crippen LogP contribution is -2.48. The third kappa shape index (κ3) is 109. The van der Waals surface area contributed by atoms with Gasteiger partial charge in [-0.15, -0.1) is 0 Å². The van der Waals surface area contributed by atoms with E-state index in [0.717, 1.165) is 38.9 Å². The van der Waals surface area contributed by atoms with E-state index in [-0.39, 0.29) is 248 Å². The van der Waals surface area contributed by atoms with Crippen LogP contribution in [0.2, 0.25) is 0 Å². The molecular weight excluding hydrogens is 1240 g/mol. The minimum atomic E-state index is -0.714. The average molecular weight is 1410 g/mol. The number of unbranched alkanes of at least 4 members (excludes halogenated alkanes) is 1. The number of carbonyl (C=O) groups is 4. The van der Waals surface area contributed by atoms with Crippen molar-refractivity contribution in [1.82, 2.24) is 21.3 Å². The van der Waals surface area contributed by atoms with Crippen molar-refractivity contribution in [3.8, 4) is 24.3 Å². The summed E-state index contributed by atoms with van der Waals surface area (Å²) in [5.74, 6) is 0.647. The third-order valence-corrected chi connectivity index (χ3v) is 10.6. The molecule has 6 atom stereocenters. The average Bonchev–Trinajstić information content (AvgIpc) is 1.72. The molecule has 0 amide bonds. The van der Waals surface area contributed by atoms with E-state index in [2.05, 4.69) is 45.5 Å². The van der Waals surface area contributed by atoms with Crippen molar-refractivity contribution >= 4 is 27.2 Å². The van der Waals surface area contributed by atoms with Gasteiger partial charge in [-0.3, -0.25) is 21.3 Å². The molecule has 0 aromatic rings. The summed E-state index contributed by atoms with van der Waals surface area (Å²) in [6.45, 7) is 28.1. The summed E-state index contributed by atoms with van der Waals surface area (Å²) >= 11 is 0. The van der Waals surface area contributed by atoms with Crippen molar-refractivity contribution in [2.24, 2.45) is 17.8 Å². The first-order chi connectivity index (χ1) is 39.6. The Morgan fingerprint density at radius 1 is 0.312 bits per heavy atom. The lowest BCUT2D eigenvalue weighted by atomic mass is 9.79. The van der Waals surface area contributed by atoms with Gasteiger partial charge in [-0.2, -0.15) is 21.0 Å². The second kappa shape index (κ2) is 142. The quantitative estimate of drug-likeness (QED) is 0.0325. The molecule has 0 bridgehead atoms. The van der Waals surface area contributed by atoms with Crippen LogP contribution < -0.4 is 21.3 Å². The van der Waals surface area contributed by atoms with E-state index in [4.69, 9.17) is 107 Å². The molecule has 0 aliphatic rings. The molecule has 0 saturated carbocycles. The molecule has 0 radical (unpaired) electrons. The molecular formula is C70H166N8O18. The molecule has 0 aliphatic carbocycles. The van der Waals surface area contributed by atoms with Gasteiger partial charge in [0.25, 0.3) is 0 Å². The van der Waals surface area contributed by atoms with Crippen molar-refractivity contribution in [3.05, 3.63) is 0 Å². The maximum Gasteiger partial charge on any atom is 0.114 e. The topological polar surface area (TPSA) is 341 Å². The van der Waals surface area contributed by atoms with Crippen LogP contribution in [0.1, 0.15) is 191 Å². The molecule has 0 aliphatic heterocycles. The van der Waals surface area contributed by atoms with Crippen LogP contribution in [0, 0.1) is 63.1 Å². The molecule has 4 N–H and O–H groups in total. The summed E-state index contributed by atoms with van der Waals surface area (Å²) in [5, 5.41) is 49.7. The number of nitrogens with zero attached hydrogens (tertiary/aromatic N) is 4. The smallest absolute Gasteiger partial charge is 0.114 e. The molecule has 0 saturated heterocycles. The van der Waals surface area contributed by atoms with E-state index in [1.807, 2.05) is 54.9 Å². The molecule has 6 unspecified atom stereocenters. The lowest BCUT2D eigenvalue weighted by molar-refractivity contribution is -0.179. The molecule has 0 spiro atoms. The van der Waals surface area contributed by atoms with Gasteiger partial charge in [0.15, 0.2) is 0 Å². The summed E-state index contributed by atoms with van der Waals surface area (Å²) < 4.78 is 82.8. The van der Waals surface area contributed by atoms with Gasteiger partial charge in [0.05, 0.1) is 176 Å². The first-order valence-electron chi connectivity index (χ1n) is 27.2. The van der Waals surface area contributed by atoms with Crippen LogP contribution in [0.25, 0.3) is 0 Å². The molecule has 96 heavy (non-hydrogen) atoms. The summed E-state index contributed by atoms with van der Waals surface area (Å²) in [6.07, 6.45) is 1.42. The normalized spacial score (nSPS) is 10.6. The number of ether oxygens (including phenoxy) is 14. The molecule has 0 heterocycles. The Morgan fingerprint density at radius 2 is 0.594 bits per heavy atom. The van der Waals surface area contributed by atoms with Crippen molar-refractivity contribution in [2.45, 2.75) is 210 Å². The van der Waals surface area contributed by atoms with Crippen LogP contribution in [0.3, 0.4) is 0 Å². The van der Waals surface area contributed by atoms with Gasteiger partial charge in [0, 0.05) is 59.3 Å². The molecule has 0 aromatic heterocycles. The zero-order valence-electron chi connectivity index (χ0n) is 48.9. The molecule has 26 nitrogen and oxygen atoms in total. The maximum absolute atomic E-state index is 8.98. The molecule has 594 valence electrons. The fourth-order valence-corrected chi connectivity index (χ4v) is 7.02. The minimum Gasteiger partial charge on any atom is -0.381 e. The van der Waals surface area contributed by atoms with Crippen LogP contribution in [0.15, 0.2) is 0 Å². The summed E-state index contributed by atoms with van der Waals surface area (Å²) in [4.78, 5) is 32.0. The SMILES string of the molecule is C.C.C.C.C.C.C.C.C.C.C.C.C.C.C.C.C=O.C=O.C=O.C=O.CCOCNCCC(CNCOCC)C(CNCOCC)C(CNCOCC)COCCCCOCC(OCCOCCC#N)C(OCCOCCC#N)C(COCCOCCC#N)OCCOCCC#N. The standard InChI is InChI=1S/C50H94N8O14.4CH2O.16CH4/c1-5-59-41-55-20-15-45(35-56-42-60-6-2)47(37-58-44-62-8-4)46(36-57-43-61-7-3)38-67-21-9-10-22-68-39-48(70-32-29-64-24-12-17-52)50(72-34-31-66-26-14-19-54)49(71-33-30-65-25-13-18-53)40-69-28-27-63-23-11-16-51;4*1-2;;;;;;;;;;;;;;;;/h45-50,55-58H,5-15,20-44H2,1-4H3;4*1H2;16*1H4. The Morgan fingerprint density at radius 3 is 0.938 bits per heavy atom. The largest absolute Gasteiger partial charge is 0.381 e. The Bertz CT molecular complexity index is 1390. The minimum absolute atomic E-state index is 0. The van der Waals surface area contributed by atoms with E-state index < -0.39 is 18.3 Å². The van der Waals surface area contributed by atoms with Gasteiger partial charge < -0.3 is 85.5 Å².